The van der Waals surface area contributed by atoms with Crippen molar-refractivity contribution in [2.75, 3.05) is 29.2 Å². The van der Waals surface area contributed by atoms with Crippen LogP contribution in [0.5, 0.6) is 5.75 Å². The Morgan fingerprint density at radius 2 is 2.12 bits per heavy atom. The fourth-order valence-corrected chi connectivity index (χ4v) is 3.51. The van der Waals surface area contributed by atoms with Gasteiger partial charge >= 0.3 is 0 Å². The first-order valence-corrected chi connectivity index (χ1v) is 8.33. The molecule has 4 rings (SSSR count). The number of hydrogen-bond acceptors (Lipinski definition) is 4. The molecule has 0 aliphatic carbocycles. The minimum absolute atomic E-state index is 0.00675. The average molecular weight is 337 g/mol. The van der Waals surface area contributed by atoms with Gasteiger partial charge in [-0.3, -0.25) is 9.59 Å². The van der Waals surface area contributed by atoms with Crippen LogP contribution in [0.25, 0.3) is 0 Å². The van der Waals surface area contributed by atoms with E-state index in [1.54, 1.807) is 31.4 Å². The zero-order chi connectivity index (χ0) is 17.4. The number of benzene rings is 2. The van der Waals surface area contributed by atoms with Crippen LogP contribution in [0.4, 0.5) is 17.1 Å². The van der Waals surface area contributed by atoms with Gasteiger partial charge in [0, 0.05) is 12.1 Å². The summed E-state index contributed by atoms with van der Waals surface area (Å²) in [5.74, 6) is 0.361. The van der Waals surface area contributed by atoms with Gasteiger partial charge in [-0.1, -0.05) is 12.1 Å². The van der Waals surface area contributed by atoms with Gasteiger partial charge < -0.3 is 20.3 Å². The maximum atomic E-state index is 12.6. The van der Waals surface area contributed by atoms with E-state index in [9.17, 15) is 9.59 Å². The smallest absolute Gasteiger partial charge is 0.255 e. The fraction of sp³-hybridized carbons (Fsp3) is 0.263. The van der Waals surface area contributed by atoms with E-state index < -0.39 is 0 Å². The Morgan fingerprint density at radius 1 is 1.28 bits per heavy atom. The van der Waals surface area contributed by atoms with Crippen LogP contribution < -0.4 is 20.3 Å². The Hall–Kier alpha value is -3.02. The molecule has 128 valence electrons. The van der Waals surface area contributed by atoms with Gasteiger partial charge in [-0.2, -0.15) is 0 Å². The molecular weight excluding hydrogens is 318 g/mol. The molecule has 25 heavy (non-hydrogen) atoms. The highest BCUT2D eigenvalue weighted by Gasteiger charge is 2.36. The topological polar surface area (TPSA) is 70.7 Å². The molecule has 2 aliphatic rings. The van der Waals surface area contributed by atoms with Gasteiger partial charge in [-0.15, -0.1) is 0 Å². The average Bonchev–Trinajstić information content (AvgIpc) is 3.12. The van der Waals surface area contributed by atoms with Crippen molar-refractivity contribution < 1.29 is 14.3 Å². The highest BCUT2D eigenvalue weighted by Crippen LogP contribution is 2.37. The van der Waals surface area contributed by atoms with Gasteiger partial charge in [0.1, 0.15) is 11.8 Å². The highest BCUT2D eigenvalue weighted by molar-refractivity contribution is 6.09. The second-order valence-corrected chi connectivity index (χ2v) is 6.23. The Morgan fingerprint density at radius 3 is 2.96 bits per heavy atom. The molecule has 2 aromatic rings. The summed E-state index contributed by atoms with van der Waals surface area (Å²) in [5.41, 5.74) is 2.77. The SMILES string of the molecule is COc1ccccc1NC(=O)c1ccc2c(c1)NC(=O)C1CCCN21. The molecule has 2 aliphatic heterocycles. The van der Waals surface area contributed by atoms with Crippen LogP contribution in [0, 0.1) is 0 Å². The lowest BCUT2D eigenvalue weighted by Crippen LogP contribution is -2.43. The standard InChI is InChI=1S/C19H19N3O3/c1-25-17-7-3-2-5-13(17)20-18(23)12-8-9-15-14(11-12)21-19(24)16-6-4-10-22(15)16/h2-3,5,7-9,11,16H,4,6,10H2,1H3,(H,20,23)(H,21,24). The third-order valence-corrected chi connectivity index (χ3v) is 4.74. The maximum Gasteiger partial charge on any atom is 0.255 e. The minimum Gasteiger partial charge on any atom is -0.495 e. The van der Waals surface area contributed by atoms with Crippen molar-refractivity contribution in [3.8, 4) is 5.75 Å². The van der Waals surface area contributed by atoms with E-state index >= 15 is 0 Å². The predicted octanol–water partition coefficient (Wildman–Crippen LogP) is 2.87. The molecule has 0 bridgehead atoms. The summed E-state index contributed by atoms with van der Waals surface area (Å²) in [7, 11) is 1.56. The van der Waals surface area contributed by atoms with Crippen molar-refractivity contribution in [2.24, 2.45) is 0 Å². The Balaban J connectivity index is 1.61. The molecule has 1 fully saturated rings. The summed E-state index contributed by atoms with van der Waals surface area (Å²) in [6.45, 7) is 0.873. The van der Waals surface area contributed by atoms with E-state index in [1.165, 1.54) is 0 Å². The lowest BCUT2D eigenvalue weighted by Gasteiger charge is -2.33. The van der Waals surface area contributed by atoms with Crippen LogP contribution in [0.1, 0.15) is 23.2 Å². The summed E-state index contributed by atoms with van der Waals surface area (Å²) < 4.78 is 5.26. The molecule has 0 aromatic heterocycles. The van der Waals surface area contributed by atoms with Crippen LogP contribution in [0.3, 0.4) is 0 Å². The number of amides is 2. The third kappa shape index (κ3) is 2.69. The van der Waals surface area contributed by atoms with Crippen LogP contribution >= 0.6 is 0 Å². The van der Waals surface area contributed by atoms with Crippen LogP contribution in [0.2, 0.25) is 0 Å². The molecule has 2 N–H and O–H groups in total. The third-order valence-electron chi connectivity index (χ3n) is 4.74. The van der Waals surface area contributed by atoms with E-state index in [-0.39, 0.29) is 17.9 Å². The molecule has 2 aromatic carbocycles. The van der Waals surface area contributed by atoms with Gasteiger partial charge in [-0.05, 0) is 43.2 Å². The maximum absolute atomic E-state index is 12.6. The zero-order valence-corrected chi connectivity index (χ0v) is 13.9. The quantitative estimate of drug-likeness (QED) is 0.903. The normalized spacial score (nSPS) is 18.2. The molecular formula is C19H19N3O3. The van der Waals surface area contributed by atoms with Crippen molar-refractivity contribution in [3.05, 3.63) is 48.0 Å². The number of para-hydroxylation sites is 2. The van der Waals surface area contributed by atoms with Crippen molar-refractivity contribution in [1.82, 2.24) is 0 Å². The fourth-order valence-electron chi connectivity index (χ4n) is 3.51. The largest absolute Gasteiger partial charge is 0.495 e. The van der Waals surface area contributed by atoms with E-state index in [0.717, 1.165) is 25.1 Å². The van der Waals surface area contributed by atoms with Crippen molar-refractivity contribution in [3.63, 3.8) is 0 Å². The van der Waals surface area contributed by atoms with Gasteiger partial charge in [0.05, 0.1) is 24.2 Å². The molecule has 6 nitrogen and oxygen atoms in total. The first-order valence-electron chi connectivity index (χ1n) is 8.33. The number of anilines is 3. The van der Waals surface area contributed by atoms with Crippen LogP contribution in [0.15, 0.2) is 42.5 Å². The van der Waals surface area contributed by atoms with Gasteiger partial charge in [-0.25, -0.2) is 0 Å². The van der Waals surface area contributed by atoms with Crippen molar-refractivity contribution >= 4 is 28.9 Å². The second kappa shape index (κ2) is 6.12. The molecule has 1 atom stereocenters. The number of hydrogen-bond donors (Lipinski definition) is 2. The van der Waals surface area contributed by atoms with E-state index in [0.29, 0.717) is 22.7 Å². The van der Waals surface area contributed by atoms with Crippen LogP contribution in [-0.4, -0.2) is 31.5 Å². The molecule has 6 heteroatoms. The number of methoxy groups -OCH3 is 1. The number of carbonyl (C=O) groups excluding carboxylic acids is 2. The summed E-state index contributed by atoms with van der Waals surface area (Å²) in [6, 6.07) is 12.6. The molecule has 0 saturated carbocycles. The summed E-state index contributed by atoms with van der Waals surface area (Å²) in [6.07, 6.45) is 1.88. The Labute approximate surface area is 145 Å². The molecule has 2 heterocycles. The summed E-state index contributed by atoms with van der Waals surface area (Å²) in [5, 5.41) is 5.78. The number of carbonyl (C=O) groups is 2. The van der Waals surface area contributed by atoms with E-state index in [2.05, 4.69) is 15.5 Å². The number of nitrogens with one attached hydrogen (secondary N) is 2. The van der Waals surface area contributed by atoms with Gasteiger partial charge in [0.15, 0.2) is 0 Å². The monoisotopic (exact) mass is 337 g/mol. The van der Waals surface area contributed by atoms with E-state index in [1.807, 2.05) is 18.2 Å². The van der Waals surface area contributed by atoms with Crippen molar-refractivity contribution in [1.29, 1.82) is 0 Å². The number of nitrogens with zero attached hydrogens (tertiary/aromatic N) is 1. The highest BCUT2D eigenvalue weighted by atomic mass is 16.5. The van der Waals surface area contributed by atoms with Gasteiger partial charge in [0.2, 0.25) is 5.91 Å². The lowest BCUT2D eigenvalue weighted by molar-refractivity contribution is -0.117. The second-order valence-electron chi connectivity index (χ2n) is 6.23. The molecule has 1 saturated heterocycles. The molecule has 2 amide bonds. The molecule has 1 unspecified atom stereocenters. The lowest BCUT2D eigenvalue weighted by atomic mass is 10.1. The first kappa shape index (κ1) is 15.5. The number of rotatable bonds is 3. The number of fused-ring (bicyclic) bond motifs is 3. The van der Waals surface area contributed by atoms with Crippen molar-refractivity contribution in [2.45, 2.75) is 18.9 Å². The summed E-state index contributed by atoms with van der Waals surface area (Å²) >= 11 is 0. The van der Waals surface area contributed by atoms with E-state index in [4.69, 9.17) is 4.74 Å². The minimum atomic E-state index is -0.245. The Bertz CT molecular complexity index is 850. The summed E-state index contributed by atoms with van der Waals surface area (Å²) in [4.78, 5) is 26.9. The predicted molar refractivity (Wildman–Crippen MR) is 96.4 cm³/mol. The van der Waals surface area contributed by atoms with Gasteiger partial charge in [0.25, 0.3) is 5.91 Å². The first-order chi connectivity index (χ1) is 12.2. The van der Waals surface area contributed by atoms with Crippen LogP contribution in [-0.2, 0) is 4.79 Å². The number of ether oxygens (including phenoxy) is 1. The molecule has 0 radical (unpaired) electrons. The Kier molecular flexibility index (Phi) is 3.80. The molecule has 0 spiro atoms. The zero-order valence-electron chi connectivity index (χ0n) is 13.9.